The minimum Gasteiger partial charge on any atom is -0.336 e. The summed E-state index contributed by atoms with van der Waals surface area (Å²) in [4.78, 5) is 21.0. The fraction of sp³-hybridized carbons (Fsp3) is 0.500. The van der Waals surface area contributed by atoms with E-state index in [0.717, 1.165) is 22.0 Å². The number of aryl methyl sites for hydroxylation is 1. The molecule has 25 heavy (non-hydrogen) atoms. The molecule has 4 nitrogen and oxygen atoms in total. The molecule has 5 heteroatoms. The summed E-state index contributed by atoms with van der Waals surface area (Å²) in [5.74, 6) is 1.26. The highest BCUT2D eigenvalue weighted by Gasteiger charge is 2.33. The maximum atomic E-state index is 13.2. The van der Waals surface area contributed by atoms with Crippen molar-refractivity contribution in [1.82, 2.24) is 9.88 Å². The van der Waals surface area contributed by atoms with E-state index in [2.05, 4.69) is 31.2 Å². The maximum absolute atomic E-state index is 13.2. The second kappa shape index (κ2) is 6.89. The number of aromatic nitrogens is 1. The van der Waals surface area contributed by atoms with Crippen molar-refractivity contribution in [2.75, 3.05) is 19.6 Å². The van der Waals surface area contributed by atoms with Crippen LogP contribution in [0.3, 0.4) is 0 Å². The lowest BCUT2D eigenvalue weighted by atomic mass is 10.1. The smallest absolute Gasteiger partial charge is 0.274 e. The quantitative estimate of drug-likeness (QED) is 0.822. The van der Waals surface area contributed by atoms with Gasteiger partial charge in [0.05, 0.1) is 9.88 Å². The molecule has 0 bridgehead atoms. The van der Waals surface area contributed by atoms with E-state index in [-0.39, 0.29) is 5.91 Å². The van der Waals surface area contributed by atoms with Crippen molar-refractivity contribution in [3.63, 3.8) is 0 Å². The average molecular weight is 356 g/mol. The van der Waals surface area contributed by atoms with Crippen molar-refractivity contribution in [3.05, 3.63) is 40.5 Å². The number of amides is 1. The van der Waals surface area contributed by atoms with Crippen LogP contribution >= 0.6 is 11.3 Å². The first-order valence-electron chi connectivity index (χ1n) is 9.23. The van der Waals surface area contributed by atoms with Crippen molar-refractivity contribution in [2.45, 2.75) is 38.5 Å². The molecule has 1 aromatic heterocycles. The summed E-state index contributed by atoms with van der Waals surface area (Å²) in [6, 6.07) is 8.37. The molecule has 1 heterocycles. The zero-order chi connectivity index (χ0) is 17.4. The summed E-state index contributed by atoms with van der Waals surface area (Å²) < 4.78 is 0. The van der Waals surface area contributed by atoms with Gasteiger partial charge in [-0.25, -0.2) is 4.98 Å². The third-order valence-corrected chi connectivity index (χ3v) is 6.18. The van der Waals surface area contributed by atoms with Gasteiger partial charge in [-0.3, -0.25) is 4.79 Å². The van der Waals surface area contributed by atoms with Crippen LogP contribution in [0, 0.1) is 12.8 Å². The maximum Gasteiger partial charge on any atom is 0.274 e. The molecule has 2 aromatic rings. The van der Waals surface area contributed by atoms with Crippen molar-refractivity contribution in [3.8, 4) is 10.4 Å². The molecule has 2 aliphatic rings. The topological polar surface area (TPSA) is 59.2 Å². The molecule has 132 valence electrons. The SMILES string of the molecule is Cc1cccc(-c2sc(C3CC3)nc2C(=O)N(CCN)CC2CC2)c1. The van der Waals surface area contributed by atoms with E-state index < -0.39 is 0 Å². The van der Waals surface area contributed by atoms with Crippen LogP contribution in [-0.4, -0.2) is 35.4 Å². The number of carbonyl (C=O) groups is 1. The molecule has 4 rings (SSSR count). The largest absolute Gasteiger partial charge is 0.336 e. The van der Waals surface area contributed by atoms with Gasteiger partial charge >= 0.3 is 0 Å². The molecule has 0 saturated heterocycles. The lowest BCUT2D eigenvalue weighted by molar-refractivity contribution is 0.0748. The molecular weight excluding hydrogens is 330 g/mol. The summed E-state index contributed by atoms with van der Waals surface area (Å²) >= 11 is 1.70. The number of carbonyl (C=O) groups excluding carboxylic acids is 1. The van der Waals surface area contributed by atoms with Gasteiger partial charge in [0.15, 0.2) is 0 Å². The van der Waals surface area contributed by atoms with E-state index >= 15 is 0 Å². The Kier molecular flexibility index (Phi) is 4.61. The molecule has 1 amide bonds. The molecule has 0 spiro atoms. The van der Waals surface area contributed by atoms with Gasteiger partial charge in [-0.15, -0.1) is 11.3 Å². The Hall–Kier alpha value is -1.72. The molecule has 2 N–H and O–H groups in total. The highest BCUT2D eigenvalue weighted by Crippen LogP contribution is 2.45. The molecular formula is C20H25N3OS. The van der Waals surface area contributed by atoms with Crippen LogP contribution in [0.15, 0.2) is 24.3 Å². The third-order valence-electron chi connectivity index (χ3n) is 4.91. The Balaban J connectivity index is 1.70. The summed E-state index contributed by atoms with van der Waals surface area (Å²) in [5, 5.41) is 1.12. The van der Waals surface area contributed by atoms with Crippen molar-refractivity contribution >= 4 is 17.2 Å². The lowest BCUT2D eigenvalue weighted by Crippen LogP contribution is -2.37. The van der Waals surface area contributed by atoms with Crippen LogP contribution in [0.1, 0.15) is 52.7 Å². The van der Waals surface area contributed by atoms with Gasteiger partial charge in [-0.05, 0) is 44.1 Å². The van der Waals surface area contributed by atoms with E-state index in [1.807, 2.05) is 4.90 Å². The number of thiazole rings is 1. The molecule has 0 radical (unpaired) electrons. The van der Waals surface area contributed by atoms with Crippen LogP contribution in [-0.2, 0) is 0 Å². The Bertz CT molecular complexity index is 777. The summed E-state index contributed by atoms with van der Waals surface area (Å²) in [6.45, 7) is 4.01. The van der Waals surface area contributed by atoms with E-state index in [1.165, 1.54) is 31.2 Å². The molecule has 0 aliphatic heterocycles. The predicted octanol–water partition coefficient (Wildman–Crippen LogP) is 3.81. The first kappa shape index (κ1) is 16.7. The summed E-state index contributed by atoms with van der Waals surface area (Å²) in [7, 11) is 0. The van der Waals surface area contributed by atoms with Crippen LogP contribution in [0.5, 0.6) is 0 Å². The lowest BCUT2D eigenvalue weighted by Gasteiger charge is -2.21. The van der Waals surface area contributed by atoms with Gasteiger partial charge in [0.25, 0.3) is 5.91 Å². The Morgan fingerprint density at radius 2 is 2.12 bits per heavy atom. The third kappa shape index (κ3) is 3.77. The van der Waals surface area contributed by atoms with Gasteiger partial charge in [0.2, 0.25) is 0 Å². The van der Waals surface area contributed by atoms with Crippen molar-refractivity contribution in [2.24, 2.45) is 11.7 Å². The first-order chi connectivity index (χ1) is 12.2. The van der Waals surface area contributed by atoms with E-state index in [9.17, 15) is 4.79 Å². The first-order valence-corrected chi connectivity index (χ1v) is 10.0. The van der Waals surface area contributed by atoms with E-state index in [4.69, 9.17) is 10.7 Å². The second-order valence-corrected chi connectivity index (χ2v) is 8.39. The minimum absolute atomic E-state index is 0.0528. The Morgan fingerprint density at radius 3 is 2.76 bits per heavy atom. The van der Waals surface area contributed by atoms with Crippen LogP contribution < -0.4 is 5.73 Å². The van der Waals surface area contributed by atoms with Gasteiger partial charge in [0.1, 0.15) is 5.69 Å². The van der Waals surface area contributed by atoms with E-state index in [0.29, 0.717) is 30.6 Å². The highest BCUT2D eigenvalue weighted by atomic mass is 32.1. The number of nitrogens with two attached hydrogens (primary N) is 1. The normalized spacial score (nSPS) is 16.9. The van der Waals surface area contributed by atoms with Crippen molar-refractivity contribution < 1.29 is 4.79 Å². The predicted molar refractivity (Wildman–Crippen MR) is 102 cm³/mol. The zero-order valence-corrected chi connectivity index (χ0v) is 15.5. The van der Waals surface area contributed by atoms with Gasteiger partial charge in [-0.1, -0.05) is 29.8 Å². The summed E-state index contributed by atoms with van der Waals surface area (Å²) in [6.07, 6.45) is 4.85. The fourth-order valence-electron chi connectivity index (χ4n) is 3.16. The molecule has 2 saturated carbocycles. The fourth-order valence-corrected chi connectivity index (χ4v) is 4.38. The van der Waals surface area contributed by atoms with Crippen molar-refractivity contribution in [1.29, 1.82) is 0 Å². The highest BCUT2D eigenvalue weighted by molar-refractivity contribution is 7.15. The standard InChI is InChI=1S/C20H25N3OS/c1-13-3-2-4-16(11-13)18-17(22-19(25-18)15-7-8-15)20(24)23(10-9-21)12-14-5-6-14/h2-4,11,14-15H,5-10,12,21H2,1H3. The number of benzene rings is 1. The number of hydrogen-bond donors (Lipinski definition) is 1. The Morgan fingerprint density at radius 1 is 1.32 bits per heavy atom. The zero-order valence-electron chi connectivity index (χ0n) is 14.7. The van der Waals surface area contributed by atoms with Gasteiger partial charge in [-0.2, -0.15) is 0 Å². The molecule has 1 aromatic carbocycles. The number of rotatable bonds is 7. The second-order valence-electron chi connectivity index (χ2n) is 7.36. The molecule has 0 atom stereocenters. The number of hydrogen-bond acceptors (Lipinski definition) is 4. The van der Waals surface area contributed by atoms with Crippen LogP contribution in [0.25, 0.3) is 10.4 Å². The van der Waals surface area contributed by atoms with Crippen LogP contribution in [0.4, 0.5) is 0 Å². The summed E-state index contributed by atoms with van der Waals surface area (Å²) in [5.41, 5.74) is 8.70. The van der Waals surface area contributed by atoms with E-state index in [1.54, 1.807) is 11.3 Å². The molecule has 0 unspecified atom stereocenters. The van der Waals surface area contributed by atoms with Crippen LogP contribution in [0.2, 0.25) is 0 Å². The molecule has 2 aliphatic carbocycles. The minimum atomic E-state index is 0.0528. The van der Waals surface area contributed by atoms with Gasteiger partial charge < -0.3 is 10.6 Å². The average Bonchev–Trinajstić information content (AvgIpc) is 3.53. The monoisotopic (exact) mass is 355 g/mol. The Labute approximate surface area is 153 Å². The van der Waals surface area contributed by atoms with Gasteiger partial charge in [0, 0.05) is 25.6 Å². The number of nitrogens with zero attached hydrogens (tertiary/aromatic N) is 2. The molecule has 2 fully saturated rings.